The molecule has 3 aromatic rings. The number of nitro groups is 1. The summed E-state index contributed by atoms with van der Waals surface area (Å²) in [6, 6.07) is 9.34. The smallest absolute Gasteiger partial charge is 0.436 e. The van der Waals surface area contributed by atoms with Gasteiger partial charge >= 0.3 is 6.18 Å². The summed E-state index contributed by atoms with van der Waals surface area (Å²) >= 11 is 5.96. The Hall–Kier alpha value is -3.60. The number of halogens is 4. The van der Waals surface area contributed by atoms with E-state index in [4.69, 9.17) is 16.3 Å². The normalized spacial score (nSPS) is 13.5. The van der Waals surface area contributed by atoms with Gasteiger partial charge in [0.25, 0.3) is 5.69 Å². The Morgan fingerprint density at radius 1 is 1.17 bits per heavy atom. The van der Waals surface area contributed by atoms with Crippen molar-refractivity contribution in [2.75, 3.05) is 5.32 Å². The number of carbonyl (C=O) groups excluding carboxylic acids is 1. The summed E-state index contributed by atoms with van der Waals surface area (Å²) in [5, 5.41) is 17.1. The fourth-order valence-corrected chi connectivity index (χ4v) is 4.33. The van der Waals surface area contributed by atoms with Crippen molar-refractivity contribution in [3.05, 3.63) is 74.0 Å². The number of alkyl halides is 3. The molecule has 0 spiro atoms. The molecule has 1 aromatic heterocycles. The van der Waals surface area contributed by atoms with Gasteiger partial charge < -0.3 is 10.1 Å². The second kappa shape index (κ2) is 9.81. The number of benzene rings is 2. The molecule has 1 aliphatic carbocycles. The first-order valence-corrected chi connectivity index (χ1v) is 11.5. The van der Waals surface area contributed by atoms with Crippen LogP contribution < -0.4 is 10.1 Å². The Kier molecular flexibility index (Phi) is 6.94. The van der Waals surface area contributed by atoms with Gasteiger partial charge in [0.05, 0.1) is 33.9 Å². The van der Waals surface area contributed by atoms with Crippen molar-refractivity contribution in [2.24, 2.45) is 0 Å². The highest BCUT2D eigenvalue weighted by molar-refractivity contribution is 6.32. The number of non-ortho nitro benzene ring substituents is 1. The second-order valence-electron chi connectivity index (χ2n) is 8.74. The number of hydrogen-bond acceptors (Lipinski definition) is 5. The quantitative estimate of drug-likeness (QED) is 0.260. The first-order valence-electron chi connectivity index (χ1n) is 11.1. The average Bonchev–Trinajstić information content (AvgIpc) is 3.53. The standard InChI is InChI=1S/C24H22ClF3N4O4/c1-13-7-14(2)9-18(8-13)36-19-11-16(10-17(12-19)32(34)35)29-20(33)5-6-31-22(15-3-4-15)21(25)23(30-31)24(26,27)28/h7-12,15H,3-6H2,1-2H3,(H,29,33). The molecule has 190 valence electrons. The van der Waals surface area contributed by atoms with Crippen molar-refractivity contribution in [1.29, 1.82) is 0 Å². The Morgan fingerprint density at radius 3 is 2.39 bits per heavy atom. The van der Waals surface area contributed by atoms with Crippen LogP contribution in [0.25, 0.3) is 0 Å². The van der Waals surface area contributed by atoms with E-state index in [9.17, 15) is 28.1 Å². The van der Waals surface area contributed by atoms with Gasteiger partial charge in [0.1, 0.15) is 11.5 Å². The van der Waals surface area contributed by atoms with Crippen LogP contribution in [0.15, 0.2) is 36.4 Å². The van der Waals surface area contributed by atoms with Crippen LogP contribution in [0.3, 0.4) is 0 Å². The summed E-state index contributed by atoms with van der Waals surface area (Å²) in [6.07, 6.45) is -3.52. The topological polar surface area (TPSA) is 99.3 Å². The SMILES string of the molecule is Cc1cc(C)cc(Oc2cc(NC(=O)CCn3nc(C(F)(F)F)c(Cl)c3C3CC3)cc([N+](=O)[O-])c2)c1. The highest BCUT2D eigenvalue weighted by Crippen LogP contribution is 2.47. The fourth-order valence-electron chi connectivity index (χ4n) is 3.93. The lowest BCUT2D eigenvalue weighted by molar-refractivity contribution is -0.384. The number of anilines is 1. The van der Waals surface area contributed by atoms with Crippen molar-refractivity contribution in [2.45, 2.75) is 51.7 Å². The molecule has 1 heterocycles. The van der Waals surface area contributed by atoms with Gasteiger partial charge in [0, 0.05) is 24.5 Å². The molecule has 12 heteroatoms. The van der Waals surface area contributed by atoms with Crippen LogP contribution in [0.1, 0.15) is 47.7 Å². The summed E-state index contributed by atoms with van der Waals surface area (Å²) in [5.41, 5.74) is 0.820. The summed E-state index contributed by atoms with van der Waals surface area (Å²) in [7, 11) is 0. The Labute approximate surface area is 209 Å². The molecule has 0 bridgehead atoms. The van der Waals surface area contributed by atoms with E-state index in [-0.39, 0.29) is 41.7 Å². The van der Waals surface area contributed by atoms with Crippen LogP contribution in [-0.4, -0.2) is 20.6 Å². The molecule has 1 N–H and O–H groups in total. The van der Waals surface area contributed by atoms with Gasteiger partial charge in [-0.05, 0) is 49.9 Å². The predicted octanol–water partition coefficient (Wildman–Crippen LogP) is 6.78. The molecular weight excluding hydrogens is 501 g/mol. The monoisotopic (exact) mass is 522 g/mol. The third kappa shape index (κ3) is 5.96. The Bertz CT molecular complexity index is 1320. The lowest BCUT2D eigenvalue weighted by Crippen LogP contribution is -2.16. The van der Waals surface area contributed by atoms with E-state index in [0.29, 0.717) is 18.6 Å². The Balaban J connectivity index is 1.50. The number of nitro benzene ring substituents is 1. The van der Waals surface area contributed by atoms with Gasteiger partial charge in [-0.15, -0.1) is 0 Å². The molecule has 0 unspecified atom stereocenters. The molecule has 1 fully saturated rings. The molecule has 1 aliphatic rings. The second-order valence-corrected chi connectivity index (χ2v) is 9.12. The predicted molar refractivity (Wildman–Crippen MR) is 127 cm³/mol. The number of ether oxygens (including phenoxy) is 1. The van der Waals surface area contributed by atoms with Crippen molar-refractivity contribution in [3.63, 3.8) is 0 Å². The molecule has 0 aliphatic heterocycles. The highest BCUT2D eigenvalue weighted by Gasteiger charge is 2.42. The van der Waals surface area contributed by atoms with E-state index < -0.39 is 27.7 Å². The fraction of sp³-hybridized carbons (Fsp3) is 0.333. The third-order valence-corrected chi connectivity index (χ3v) is 5.90. The molecular formula is C24H22ClF3N4O4. The largest absolute Gasteiger partial charge is 0.457 e. The van der Waals surface area contributed by atoms with Gasteiger partial charge in [-0.2, -0.15) is 18.3 Å². The summed E-state index contributed by atoms with van der Waals surface area (Å²) in [4.78, 5) is 23.4. The van der Waals surface area contributed by atoms with Crippen LogP contribution in [0.2, 0.25) is 5.02 Å². The summed E-state index contributed by atoms with van der Waals surface area (Å²) in [5.74, 6) is -0.0521. The number of amides is 1. The minimum Gasteiger partial charge on any atom is -0.457 e. The summed E-state index contributed by atoms with van der Waals surface area (Å²) < 4.78 is 46.7. The van der Waals surface area contributed by atoms with E-state index in [1.165, 1.54) is 18.2 Å². The van der Waals surface area contributed by atoms with Gasteiger partial charge in [-0.1, -0.05) is 17.7 Å². The number of nitrogens with zero attached hydrogens (tertiary/aromatic N) is 3. The zero-order chi connectivity index (χ0) is 26.2. The van der Waals surface area contributed by atoms with Gasteiger partial charge in [0.2, 0.25) is 5.91 Å². The van der Waals surface area contributed by atoms with E-state index in [1.54, 1.807) is 12.1 Å². The number of nitrogens with one attached hydrogen (secondary N) is 1. The van der Waals surface area contributed by atoms with Crippen molar-refractivity contribution < 1.29 is 27.6 Å². The molecule has 2 aromatic carbocycles. The molecule has 4 rings (SSSR count). The third-order valence-electron chi connectivity index (χ3n) is 5.53. The van der Waals surface area contributed by atoms with Gasteiger partial charge in [-0.25, -0.2) is 0 Å². The van der Waals surface area contributed by atoms with Crippen molar-refractivity contribution in [3.8, 4) is 11.5 Å². The number of rotatable bonds is 8. The maximum absolute atomic E-state index is 13.2. The zero-order valence-electron chi connectivity index (χ0n) is 19.4. The van der Waals surface area contributed by atoms with Gasteiger partial charge in [-0.3, -0.25) is 19.6 Å². The molecule has 36 heavy (non-hydrogen) atoms. The van der Waals surface area contributed by atoms with Crippen LogP contribution in [0, 0.1) is 24.0 Å². The molecule has 0 atom stereocenters. The minimum atomic E-state index is -4.70. The summed E-state index contributed by atoms with van der Waals surface area (Å²) in [6.45, 7) is 3.64. The average molecular weight is 523 g/mol. The highest BCUT2D eigenvalue weighted by atomic mass is 35.5. The van der Waals surface area contributed by atoms with Crippen molar-refractivity contribution in [1.82, 2.24) is 9.78 Å². The lowest BCUT2D eigenvalue weighted by Gasteiger charge is -2.11. The first-order chi connectivity index (χ1) is 16.9. The molecule has 8 nitrogen and oxygen atoms in total. The van der Waals surface area contributed by atoms with Crippen LogP contribution in [-0.2, 0) is 17.5 Å². The van der Waals surface area contributed by atoms with Crippen molar-refractivity contribution >= 4 is 28.9 Å². The van der Waals surface area contributed by atoms with E-state index >= 15 is 0 Å². The number of aromatic nitrogens is 2. The molecule has 1 saturated carbocycles. The maximum atomic E-state index is 13.2. The molecule has 0 saturated heterocycles. The van der Waals surface area contributed by atoms with E-state index in [0.717, 1.165) is 15.8 Å². The lowest BCUT2D eigenvalue weighted by atomic mass is 10.1. The van der Waals surface area contributed by atoms with E-state index in [1.807, 2.05) is 19.9 Å². The minimum absolute atomic E-state index is 0.116. The molecule has 0 radical (unpaired) electrons. The Morgan fingerprint density at radius 2 is 1.81 bits per heavy atom. The van der Waals surface area contributed by atoms with Crippen LogP contribution in [0.5, 0.6) is 11.5 Å². The number of hydrogen-bond donors (Lipinski definition) is 1. The van der Waals surface area contributed by atoms with E-state index in [2.05, 4.69) is 10.4 Å². The zero-order valence-corrected chi connectivity index (χ0v) is 20.1. The van der Waals surface area contributed by atoms with Crippen LogP contribution >= 0.6 is 11.6 Å². The molecule has 1 amide bonds. The number of aryl methyl sites for hydroxylation is 3. The van der Waals surface area contributed by atoms with Gasteiger partial charge in [0.15, 0.2) is 5.69 Å². The maximum Gasteiger partial charge on any atom is 0.436 e. The number of carbonyl (C=O) groups is 1. The first kappa shape index (κ1) is 25.5. The van der Waals surface area contributed by atoms with Crippen LogP contribution in [0.4, 0.5) is 24.5 Å².